The molecule has 110 valence electrons. The summed E-state index contributed by atoms with van der Waals surface area (Å²) in [6.07, 6.45) is 6.65. The van der Waals surface area contributed by atoms with E-state index >= 15 is 0 Å². The molecule has 2 bridgehead atoms. The SMILES string of the molecule is CN(CCCNC(=O)[C@@H]1C[C@H]2CC[C@H]1C2)S(C)(=O)=O. The van der Waals surface area contributed by atoms with Crippen molar-refractivity contribution in [1.29, 1.82) is 0 Å². The number of fused-ring (bicyclic) bond motifs is 2. The van der Waals surface area contributed by atoms with Gasteiger partial charge in [-0.15, -0.1) is 0 Å². The summed E-state index contributed by atoms with van der Waals surface area (Å²) in [5.74, 6) is 1.77. The van der Waals surface area contributed by atoms with Gasteiger partial charge in [-0.05, 0) is 37.5 Å². The van der Waals surface area contributed by atoms with Gasteiger partial charge in [-0.3, -0.25) is 4.79 Å². The van der Waals surface area contributed by atoms with Gasteiger partial charge in [-0.25, -0.2) is 12.7 Å². The summed E-state index contributed by atoms with van der Waals surface area (Å²) in [4.78, 5) is 12.0. The van der Waals surface area contributed by atoms with Crippen LogP contribution in [0.15, 0.2) is 0 Å². The number of nitrogens with one attached hydrogen (secondary N) is 1. The highest BCUT2D eigenvalue weighted by Crippen LogP contribution is 2.48. The number of hydrogen-bond donors (Lipinski definition) is 1. The maximum absolute atomic E-state index is 12.0. The average Bonchev–Trinajstić information content (AvgIpc) is 2.94. The lowest BCUT2D eigenvalue weighted by molar-refractivity contribution is -0.126. The normalized spacial score (nSPS) is 29.9. The molecule has 0 heterocycles. The van der Waals surface area contributed by atoms with Gasteiger partial charge in [-0.2, -0.15) is 0 Å². The third kappa shape index (κ3) is 3.69. The smallest absolute Gasteiger partial charge is 0.223 e. The molecule has 0 aromatic heterocycles. The first-order valence-electron chi connectivity index (χ1n) is 7.07. The Kier molecular flexibility index (Phi) is 4.50. The Bertz CT molecular complexity index is 435. The molecule has 0 spiro atoms. The third-order valence-electron chi connectivity index (χ3n) is 4.59. The zero-order chi connectivity index (χ0) is 14.0. The molecule has 0 aromatic carbocycles. The number of hydrogen-bond acceptors (Lipinski definition) is 3. The second-order valence-corrected chi connectivity index (χ2v) is 8.10. The molecule has 2 aliphatic carbocycles. The highest BCUT2D eigenvalue weighted by molar-refractivity contribution is 7.88. The average molecular weight is 288 g/mol. The molecule has 0 aliphatic heterocycles. The topological polar surface area (TPSA) is 66.5 Å². The minimum Gasteiger partial charge on any atom is -0.356 e. The predicted molar refractivity (Wildman–Crippen MR) is 74.0 cm³/mol. The quantitative estimate of drug-likeness (QED) is 0.736. The maximum atomic E-state index is 12.0. The van der Waals surface area contributed by atoms with Gasteiger partial charge < -0.3 is 5.32 Å². The number of carbonyl (C=O) groups is 1. The lowest BCUT2D eigenvalue weighted by atomic mass is 9.88. The Morgan fingerprint density at radius 2 is 2.05 bits per heavy atom. The molecule has 5 nitrogen and oxygen atoms in total. The highest BCUT2D eigenvalue weighted by Gasteiger charge is 2.42. The lowest BCUT2D eigenvalue weighted by Gasteiger charge is -2.21. The van der Waals surface area contributed by atoms with Crippen molar-refractivity contribution in [3.8, 4) is 0 Å². The van der Waals surface area contributed by atoms with E-state index in [9.17, 15) is 13.2 Å². The zero-order valence-electron chi connectivity index (χ0n) is 11.8. The molecule has 0 unspecified atom stereocenters. The summed E-state index contributed by atoms with van der Waals surface area (Å²) in [5, 5.41) is 2.96. The predicted octanol–water partition coefficient (Wildman–Crippen LogP) is 0.820. The second-order valence-electron chi connectivity index (χ2n) is 6.01. The first kappa shape index (κ1) is 14.8. The van der Waals surface area contributed by atoms with Gasteiger partial charge in [0.25, 0.3) is 0 Å². The molecule has 2 saturated carbocycles. The maximum Gasteiger partial charge on any atom is 0.223 e. The first-order chi connectivity index (χ1) is 8.88. The van der Waals surface area contributed by atoms with Crippen molar-refractivity contribution >= 4 is 15.9 Å². The zero-order valence-corrected chi connectivity index (χ0v) is 12.6. The van der Waals surface area contributed by atoms with Crippen LogP contribution in [-0.2, 0) is 14.8 Å². The van der Waals surface area contributed by atoms with E-state index in [0.29, 0.717) is 25.4 Å². The van der Waals surface area contributed by atoms with E-state index < -0.39 is 10.0 Å². The molecule has 6 heteroatoms. The molecule has 2 rings (SSSR count). The number of nitrogens with zero attached hydrogens (tertiary/aromatic N) is 1. The van der Waals surface area contributed by atoms with E-state index in [2.05, 4.69) is 5.32 Å². The van der Waals surface area contributed by atoms with Crippen molar-refractivity contribution in [3.05, 3.63) is 0 Å². The fraction of sp³-hybridized carbons (Fsp3) is 0.923. The minimum atomic E-state index is -3.11. The van der Waals surface area contributed by atoms with Crippen LogP contribution in [0, 0.1) is 17.8 Å². The minimum absolute atomic E-state index is 0.175. The highest BCUT2D eigenvalue weighted by atomic mass is 32.2. The summed E-state index contributed by atoms with van der Waals surface area (Å²) in [5.41, 5.74) is 0. The van der Waals surface area contributed by atoms with Gasteiger partial charge in [0, 0.05) is 26.1 Å². The Morgan fingerprint density at radius 1 is 1.32 bits per heavy atom. The monoisotopic (exact) mass is 288 g/mol. The lowest BCUT2D eigenvalue weighted by Crippen LogP contribution is -2.36. The fourth-order valence-electron chi connectivity index (χ4n) is 3.38. The van der Waals surface area contributed by atoms with Crippen LogP contribution >= 0.6 is 0 Å². The molecule has 0 radical (unpaired) electrons. The Balaban J connectivity index is 1.65. The first-order valence-corrected chi connectivity index (χ1v) is 8.92. The van der Waals surface area contributed by atoms with Crippen LogP contribution in [0.5, 0.6) is 0 Å². The summed E-state index contributed by atoms with van der Waals surface area (Å²) >= 11 is 0. The van der Waals surface area contributed by atoms with Crippen molar-refractivity contribution in [3.63, 3.8) is 0 Å². The molecule has 0 aromatic rings. The number of amides is 1. The largest absolute Gasteiger partial charge is 0.356 e. The van der Waals surface area contributed by atoms with Gasteiger partial charge in [-0.1, -0.05) is 6.42 Å². The second kappa shape index (κ2) is 5.79. The van der Waals surface area contributed by atoms with Crippen molar-refractivity contribution in [2.75, 3.05) is 26.4 Å². The van der Waals surface area contributed by atoms with Crippen LogP contribution in [0.25, 0.3) is 0 Å². The van der Waals surface area contributed by atoms with E-state index in [1.807, 2.05) is 0 Å². The van der Waals surface area contributed by atoms with Crippen molar-refractivity contribution in [1.82, 2.24) is 9.62 Å². The van der Waals surface area contributed by atoms with Crippen molar-refractivity contribution < 1.29 is 13.2 Å². The van der Waals surface area contributed by atoms with Gasteiger partial charge in [0.1, 0.15) is 0 Å². The molecule has 0 saturated heterocycles. The molecule has 2 aliphatic rings. The van der Waals surface area contributed by atoms with Crippen LogP contribution in [0.1, 0.15) is 32.1 Å². The molecule has 2 fully saturated rings. The fourth-order valence-corrected chi connectivity index (χ4v) is 3.84. The van der Waals surface area contributed by atoms with Crippen LogP contribution in [0.2, 0.25) is 0 Å². The summed E-state index contributed by atoms with van der Waals surface area (Å²) in [6, 6.07) is 0. The number of sulfonamides is 1. The number of carbonyl (C=O) groups excluding carboxylic acids is 1. The van der Waals surface area contributed by atoms with Crippen LogP contribution in [0.3, 0.4) is 0 Å². The van der Waals surface area contributed by atoms with Gasteiger partial charge in [0.05, 0.1) is 6.26 Å². The third-order valence-corrected chi connectivity index (χ3v) is 5.90. The standard InChI is InChI=1S/C13H24N2O3S/c1-15(19(2,17)18)7-3-6-14-13(16)12-9-10-4-5-11(12)8-10/h10-12H,3-9H2,1-2H3,(H,14,16)/t10-,11-,12+/m0/s1. The van der Waals surface area contributed by atoms with Crippen molar-refractivity contribution in [2.24, 2.45) is 17.8 Å². The summed E-state index contributed by atoms with van der Waals surface area (Å²) < 4.78 is 23.7. The summed E-state index contributed by atoms with van der Waals surface area (Å²) in [7, 11) is -1.54. The molecular formula is C13H24N2O3S. The van der Waals surface area contributed by atoms with Crippen molar-refractivity contribution in [2.45, 2.75) is 32.1 Å². The van der Waals surface area contributed by atoms with Gasteiger partial charge >= 0.3 is 0 Å². The Labute approximate surface area is 115 Å². The molecule has 1 N–H and O–H groups in total. The number of rotatable bonds is 6. The van der Waals surface area contributed by atoms with Crippen LogP contribution in [-0.4, -0.2) is 45.0 Å². The van der Waals surface area contributed by atoms with Gasteiger partial charge in [0.15, 0.2) is 0 Å². The molecule has 19 heavy (non-hydrogen) atoms. The summed E-state index contributed by atoms with van der Waals surface area (Å²) in [6.45, 7) is 1.02. The van der Waals surface area contributed by atoms with E-state index in [1.165, 1.54) is 29.8 Å². The Hall–Kier alpha value is -0.620. The van der Waals surface area contributed by atoms with E-state index in [0.717, 1.165) is 12.3 Å². The molecular weight excluding hydrogens is 264 g/mol. The van der Waals surface area contributed by atoms with E-state index in [-0.39, 0.29) is 11.8 Å². The van der Waals surface area contributed by atoms with Gasteiger partial charge in [0.2, 0.25) is 15.9 Å². The molecule has 3 atom stereocenters. The van der Waals surface area contributed by atoms with E-state index in [4.69, 9.17) is 0 Å². The van der Waals surface area contributed by atoms with Crippen LogP contribution < -0.4 is 5.32 Å². The van der Waals surface area contributed by atoms with E-state index in [1.54, 1.807) is 7.05 Å². The molecule has 1 amide bonds. The Morgan fingerprint density at radius 3 is 2.58 bits per heavy atom. The van der Waals surface area contributed by atoms with Crippen LogP contribution in [0.4, 0.5) is 0 Å².